The minimum atomic E-state index is -0.569. The number of hydrogen-bond acceptors (Lipinski definition) is 4. The van der Waals surface area contributed by atoms with E-state index in [0.717, 1.165) is 31.3 Å². The highest BCUT2D eigenvalue weighted by molar-refractivity contribution is 5.86. The lowest BCUT2D eigenvalue weighted by Gasteiger charge is -2.59. The Labute approximate surface area is 218 Å². The third-order valence-corrected chi connectivity index (χ3v) is 11.6. The summed E-state index contributed by atoms with van der Waals surface area (Å²) in [6.45, 7) is 19.7. The number of carbonyl (C=O) groups excluding carboxylic acids is 2. The van der Waals surface area contributed by atoms with Crippen molar-refractivity contribution in [1.29, 1.82) is 0 Å². The second-order valence-corrected chi connectivity index (χ2v) is 13.8. The van der Waals surface area contributed by atoms with Gasteiger partial charge < -0.3 is 9.84 Å². The third kappa shape index (κ3) is 3.72. The first-order chi connectivity index (χ1) is 16.6. The maximum atomic E-state index is 13.1. The highest BCUT2D eigenvalue weighted by Gasteiger charge is 2.66. The highest BCUT2D eigenvalue weighted by atomic mass is 16.5. The summed E-state index contributed by atoms with van der Waals surface area (Å²) >= 11 is 0. The van der Waals surface area contributed by atoms with Gasteiger partial charge in [0.2, 0.25) is 0 Å². The molecule has 1 N–H and O–H groups in total. The van der Waals surface area contributed by atoms with E-state index in [9.17, 15) is 14.7 Å². The predicted octanol–water partition coefficient (Wildman–Crippen LogP) is 6.83. The van der Waals surface area contributed by atoms with Crippen LogP contribution in [-0.2, 0) is 14.3 Å². The quantitative estimate of drug-likeness (QED) is 0.323. The minimum absolute atomic E-state index is 0.0361. The summed E-state index contributed by atoms with van der Waals surface area (Å²) < 4.78 is 5.31. The van der Waals surface area contributed by atoms with E-state index in [1.165, 1.54) is 18.3 Å². The van der Waals surface area contributed by atoms with Crippen LogP contribution in [0.1, 0.15) is 93.4 Å². The number of hydrogen-bond donors (Lipinski definition) is 1. The van der Waals surface area contributed by atoms with Crippen LogP contribution < -0.4 is 0 Å². The molecule has 0 heterocycles. The Morgan fingerprint density at radius 2 is 1.83 bits per heavy atom. The summed E-state index contributed by atoms with van der Waals surface area (Å²) in [5, 5.41) is 11.6. The Kier molecular flexibility index (Phi) is 6.81. The summed E-state index contributed by atoms with van der Waals surface area (Å²) in [7, 11) is 1.46. The lowest BCUT2D eigenvalue weighted by Crippen LogP contribution is -2.53. The first kappa shape index (κ1) is 27.4. The van der Waals surface area contributed by atoms with E-state index in [4.69, 9.17) is 4.74 Å². The molecular formula is C32H48O4. The van der Waals surface area contributed by atoms with Gasteiger partial charge in [0.25, 0.3) is 0 Å². The molecule has 4 aliphatic rings. The van der Waals surface area contributed by atoms with Crippen LogP contribution in [0.25, 0.3) is 0 Å². The van der Waals surface area contributed by atoms with Gasteiger partial charge in [-0.3, -0.25) is 9.59 Å². The van der Waals surface area contributed by atoms with Crippen molar-refractivity contribution in [3.63, 3.8) is 0 Å². The van der Waals surface area contributed by atoms with E-state index in [1.807, 2.05) is 0 Å². The van der Waals surface area contributed by atoms with E-state index in [2.05, 4.69) is 67.2 Å². The van der Waals surface area contributed by atoms with Gasteiger partial charge in [-0.15, -0.1) is 0 Å². The number of esters is 1. The fraction of sp³-hybridized carbons (Fsp3) is 0.750. The Balaban J connectivity index is 1.74. The van der Waals surface area contributed by atoms with Gasteiger partial charge in [0.1, 0.15) is 5.78 Å². The molecule has 4 aliphatic carbocycles. The number of rotatable bonds is 6. The number of Topliss-reactive ketones (excluding diaryl/α,β-unsaturated/α-hetero) is 1. The lowest BCUT2D eigenvalue weighted by molar-refractivity contribution is -0.152. The van der Waals surface area contributed by atoms with Crippen molar-refractivity contribution in [1.82, 2.24) is 0 Å². The smallest absolute Gasteiger partial charge is 0.309 e. The van der Waals surface area contributed by atoms with Gasteiger partial charge in [0.05, 0.1) is 19.1 Å². The zero-order valence-electron chi connectivity index (χ0n) is 23.9. The average Bonchev–Trinajstić information content (AvgIpc) is 3.02. The minimum Gasteiger partial charge on any atom is -0.469 e. The Morgan fingerprint density at radius 1 is 1.17 bits per heavy atom. The van der Waals surface area contributed by atoms with Crippen molar-refractivity contribution in [2.75, 3.05) is 7.11 Å². The van der Waals surface area contributed by atoms with Crippen LogP contribution in [0.5, 0.6) is 0 Å². The first-order valence-electron chi connectivity index (χ1n) is 14.0. The molecule has 0 aromatic heterocycles. The number of aliphatic hydroxyl groups is 1. The number of carbonyl (C=O) groups is 2. The Hall–Kier alpha value is -1.68. The van der Waals surface area contributed by atoms with E-state index in [-0.39, 0.29) is 39.5 Å². The molecule has 0 unspecified atom stereocenters. The van der Waals surface area contributed by atoms with E-state index < -0.39 is 6.10 Å². The first-order valence-corrected chi connectivity index (χ1v) is 14.0. The van der Waals surface area contributed by atoms with Crippen molar-refractivity contribution in [2.45, 2.75) is 99.5 Å². The lowest BCUT2D eigenvalue weighted by atomic mass is 9.44. The predicted molar refractivity (Wildman–Crippen MR) is 144 cm³/mol. The second-order valence-electron chi connectivity index (χ2n) is 13.8. The van der Waals surface area contributed by atoms with Crippen molar-refractivity contribution >= 4 is 11.8 Å². The fourth-order valence-electron chi connectivity index (χ4n) is 8.86. The van der Waals surface area contributed by atoms with Crippen LogP contribution in [0.15, 0.2) is 35.5 Å². The molecule has 0 aromatic carbocycles. The topological polar surface area (TPSA) is 63.6 Å². The summed E-state index contributed by atoms with van der Waals surface area (Å²) in [5.74, 6) is 0.291. The number of methoxy groups -OCH3 is 1. The maximum absolute atomic E-state index is 13.1. The van der Waals surface area contributed by atoms with Gasteiger partial charge in [0.15, 0.2) is 0 Å². The van der Waals surface area contributed by atoms with Gasteiger partial charge in [-0.1, -0.05) is 72.8 Å². The molecule has 0 radical (unpaired) electrons. The molecule has 0 aliphatic heterocycles. The van der Waals surface area contributed by atoms with E-state index >= 15 is 0 Å². The van der Waals surface area contributed by atoms with Crippen molar-refractivity contribution in [3.05, 3.63) is 35.5 Å². The van der Waals surface area contributed by atoms with Crippen LogP contribution in [0.4, 0.5) is 0 Å². The molecule has 200 valence electrons. The van der Waals surface area contributed by atoms with Crippen LogP contribution in [0, 0.1) is 45.3 Å². The largest absolute Gasteiger partial charge is 0.469 e. The monoisotopic (exact) mass is 496 g/mol. The zero-order valence-corrected chi connectivity index (χ0v) is 23.9. The Morgan fingerprint density at radius 3 is 2.44 bits per heavy atom. The summed E-state index contributed by atoms with van der Waals surface area (Å²) in [5.41, 5.74) is 3.03. The maximum Gasteiger partial charge on any atom is 0.309 e. The van der Waals surface area contributed by atoms with Gasteiger partial charge >= 0.3 is 5.97 Å². The molecule has 4 rings (SSSR count). The Bertz CT molecular complexity index is 1020. The van der Waals surface area contributed by atoms with Crippen LogP contribution in [-0.4, -0.2) is 30.1 Å². The fourth-order valence-corrected chi connectivity index (χ4v) is 8.86. The molecule has 36 heavy (non-hydrogen) atoms. The molecule has 0 aromatic rings. The second kappa shape index (κ2) is 8.96. The average molecular weight is 497 g/mol. The molecule has 0 saturated heterocycles. The van der Waals surface area contributed by atoms with E-state index in [1.54, 1.807) is 0 Å². The number of ether oxygens (including phenoxy) is 1. The van der Waals surface area contributed by atoms with Gasteiger partial charge in [-0.2, -0.15) is 0 Å². The molecule has 4 heteroatoms. The molecule has 4 nitrogen and oxygen atoms in total. The molecule has 0 bridgehead atoms. The van der Waals surface area contributed by atoms with Crippen LogP contribution >= 0.6 is 0 Å². The van der Waals surface area contributed by atoms with Crippen LogP contribution in [0.3, 0.4) is 0 Å². The molecular weight excluding hydrogens is 448 g/mol. The number of aliphatic hydroxyl groups excluding tert-OH is 1. The van der Waals surface area contributed by atoms with Gasteiger partial charge in [0, 0.05) is 23.2 Å². The van der Waals surface area contributed by atoms with Crippen molar-refractivity contribution in [2.24, 2.45) is 45.3 Å². The summed E-state index contributed by atoms with van der Waals surface area (Å²) in [6.07, 6.45) is 9.55. The van der Waals surface area contributed by atoms with Crippen LogP contribution in [0.2, 0.25) is 0 Å². The van der Waals surface area contributed by atoms with Gasteiger partial charge in [-0.05, 0) is 72.3 Å². The molecule has 2 fully saturated rings. The molecule has 2 saturated carbocycles. The normalized spacial score (nSPS) is 39.9. The zero-order chi connectivity index (χ0) is 26.8. The molecule has 0 spiro atoms. The number of ketones is 1. The molecule has 0 amide bonds. The van der Waals surface area contributed by atoms with Gasteiger partial charge in [-0.25, -0.2) is 0 Å². The third-order valence-electron chi connectivity index (χ3n) is 11.6. The van der Waals surface area contributed by atoms with E-state index in [0.29, 0.717) is 36.9 Å². The van der Waals surface area contributed by atoms with Crippen molar-refractivity contribution in [3.8, 4) is 0 Å². The number of fused-ring (bicyclic) bond motifs is 5. The highest BCUT2D eigenvalue weighted by Crippen LogP contribution is 2.71. The summed E-state index contributed by atoms with van der Waals surface area (Å²) in [6, 6.07) is 0. The molecule has 7 atom stereocenters. The SMILES string of the molecule is C=C(CC[C@@H](C(=O)OC)[C@@H]1[C@@H](O)C[C@]2(C)C3=CC[C@H]4C(C)(C)C(=O)CC[C@@]4(C)C3=CC[C@]12C)C(C)C. The van der Waals surface area contributed by atoms with Crippen molar-refractivity contribution < 1.29 is 19.4 Å². The summed E-state index contributed by atoms with van der Waals surface area (Å²) in [4.78, 5) is 26.0. The number of allylic oxidation sites excluding steroid dienone is 5. The standard InChI is InChI=1S/C32H48O4/c1-19(2)20(3)10-11-21(28(35)36-9)27-24(33)18-32(8)23-12-13-25-29(4,5)26(34)15-16-30(25,6)22(23)14-17-31(27,32)7/h12,14,19,21,24-25,27,33H,3,10-11,13,15-18H2,1-2,4-9H3/t21-,24+,25+,27-,30+,31-,32-/m1/s1.